The molecule has 0 fully saturated rings. The van der Waals surface area contributed by atoms with E-state index in [9.17, 15) is 4.79 Å². The second-order valence-corrected chi connectivity index (χ2v) is 5.47. The number of hydrogen-bond acceptors (Lipinski definition) is 4. The van der Waals surface area contributed by atoms with E-state index in [0.717, 1.165) is 12.0 Å². The van der Waals surface area contributed by atoms with Gasteiger partial charge in [-0.25, -0.2) is 4.79 Å². The minimum Gasteiger partial charge on any atom is -0.487 e. The van der Waals surface area contributed by atoms with Crippen LogP contribution >= 0.6 is 0 Å². The molecule has 5 nitrogen and oxygen atoms in total. The monoisotopic (exact) mass is 265 g/mol. The van der Waals surface area contributed by atoms with Gasteiger partial charge >= 0.3 is 5.97 Å². The van der Waals surface area contributed by atoms with Gasteiger partial charge in [0, 0.05) is 24.1 Å². The molecule has 104 valence electrons. The molecule has 5 heteroatoms. The maximum Gasteiger partial charge on any atom is 0.344 e. The first-order valence-corrected chi connectivity index (χ1v) is 6.26. The van der Waals surface area contributed by atoms with Gasteiger partial charge in [-0.3, -0.25) is 0 Å². The quantitative estimate of drug-likeness (QED) is 0.874. The first-order chi connectivity index (χ1) is 8.78. The fourth-order valence-electron chi connectivity index (χ4n) is 2.22. The fourth-order valence-corrected chi connectivity index (χ4v) is 2.22. The lowest BCUT2D eigenvalue weighted by Gasteiger charge is -2.36. The number of aliphatic carboxylic acids is 1. The second-order valence-electron chi connectivity index (χ2n) is 5.47. The number of carbonyl (C=O) groups is 1. The van der Waals surface area contributed by atoms with Crippen LogP contribution < -0.4 is 15.2 Å². The molecule has 0 aromatic heterocycles. The molecule has 2 rings (SSSR count). The van der Waals surface area contributed by atoms with Crippen LogP contribution in [0.3, 0.4) is 0 Å². The molecular weight excluding hydrogens is 246 g/mol. The molecular formula is C14H19NO4. The Morgan fingerprint density at radius 2 is 2.26 bits per heavy atom. The average molecular weight is 265 g/mol. The number of benzene rings is 1. The molecule has 0 saturated heterocycles. The maximum absolute atomic E-state index is 10.8. The highest BCUT2D eigenvalue weighted by atomic mass is 16.5. The molecule has 0 aliphatic carbocycles. The van der Waals surface area contributed by atoms with Crippen molar-refractivity contribution in [3.8, 4) is 11.5 Å². The lowest BCUT2D eigenvalue weighted by molar-refractivity contribution is -0.144. The fraction of sp³-hybridized carbons (Fsp3) is 0.500. The minimum absolute atomic E-state index is 0.0790. The smallest absolute Gasteiger partial charge is 0.344 e. The maximum atomic E-state index is 10.8. The summed E-state index contributed by atoms with van der Waals surface area (Å²) in [5.74, 6) is 0.132. The summed E-state index contributed by atoms with van der Waals surface area (Å²) in [5.41, 5.74) is 6.70. The van der Waals surface area contributed by atoms with E-state index >= 15 is 0 Å². The Morgan fingerprint density at radius 3 is 2.89 bits per heavy atom. The van der Waals surface area contributed by atoms with Gasteiger partial charge in [0.15, 0.2) is 6.10 Å². The molecule has 3 N–H and O–H groups in total. The zero-order chi connectivity index (χ0) is 14.2. The molecule has 2 atom stereocenters. The second kappa shape index (κ2) is 4.74. The zero-order valence-corrected chi connectivity index (χ0v) is 11.3. The topological polar surface area (TPSA) is 81.8 Å². The number of hydrogen-bond donors (Lipinski definition) is 2. The van der Waals surface area contributed by atoms with Gasteiger partial charge in [-0.1, -0.05) is 6.07 Å². The highest BCUT2D eigenvalue weighted by Gasteiger charge is 2.32. The predicted octanol–water partition coefficient (Wildman–Crippen LogP) is 2.10. The summed E-state index contributed by atoms with van der Waals surface area (Å²) in [6.07, 6.45) is -0.158. The Hall–Kier alpha value is -1.75. The van der Waals surface area contributed by atoms with E-state index in [2.05, 4.69) is 0 Å². The van der Waals surface area contributed by atoms with Gasteiger partial charge in [-0.15, -0.1) is 0 Å². The summed E-state index contributed by atoms with van der Waals surface area (Å²) in [6, 6.07) is 5.18. The Morgan fingerprint density at radius 1 is 1.58 bits per heavy atom. The van der Waals surface area contributed by atoms with Crippen LogP contribution in [0.1, 0.15) is 38.8 Å². The molecule has 1 aromatic rings. The van der Waals surface area contributed by atoms with E-state index in [4.69, 9.17) is 20.3 Å². The van der Waals surface area contributed by atoms with E-state index in [1.807, 2.05) is 19.9 Å². The van der Waals surface area contributed by atoms with E-state index in [1.165, 1.54) is 6.92 Å². The number of rotatable bonds is 3. The predicted molar refractivity (Wildman–Crippen MR) is 70.4 cm³/mol. The Balaban J connectivity index is 2.26. The summed E-state index contributed by atoms with van der Waals surface area (Å²) in [4.78, 5) is 10.8. The van der Waals surface area contributed by atoms with Gasteiger partial charge < -0.3 is 20.3 Å². The van der Waals surface area contributed by atoms with Crippen LogP contribution in [0.25, 0.3) is 0 Å². The highest BCUT2D eigenvalue weighted by molar-refractivity contribution is 5.72. The lowest BCUT2D eigenvalue weighted by atomic mass is 9.90. The number of carboxylic acids is 1. The van der Waals surface area contributed by atoms with E-state index in [0.29, 0.717) is 11.5 Å². The van der Waals surface area contributed by atoms with Gasteiger partial charge in [-0.05, 0) is 26.8 Å². The van der Waals surface area contributed by atoms with E-state index in [1.54, 1.807) is 12.1 Å². The van der Waals surface area contributed by atoms with Crippen LogP contribution in [0.15, 0.2) is 18.2 Å². The standard InChI is InChI=1S/C14H19NO4/c1-8(13(16)17)18-9-4-5-10-11(15)7-14(2,3)19-12(10)6-9/h4-6,8,11H,7,15H2,1-3H3,(H,16,17). The van der Waals surface area contributed by atoms with Crippen molar-refractivity contribution in [1.29, 1.82) is 0 Å². The molecule has 0 spiro atoms. The Kier molecular flexibility index (Phi) is 3.41. The van der Waals surface area contributed by atoms with Crippen LogP contribution in [-0.2, 0) is 4.79 Å². The van der Waals surface area contributed by atoms with Crippen LogP contribution in [0.5, 0.6) is 11.5 Å². The minimum atomic E-state index is -1.00. The van der Waals surface area contributed by atoms with E-state index < -0.39 is 12.1 Å². The molecule has 1 heterocycles. The van der Waals surface area contributed by atoms with Gasteiger partial charge in [-0.2, -0.15) is 0 Å². The first-order valence-electron chi connectivity index (χ1n) is 6.26. The van der Waals surface area contributed by atoms with Crippen molar-refractivity contribution in [3.05, 3.63) is 23.8 Å². The van der Waals surface area contributed by atoms with Gasteiger partial charge in [0.05, 0.1) is 0 Å². The number of fused-ring (bicyclic) bond motifs is 1. The summed E-state index contributed by atoms with van der Waals surface area (Å²) >= 11 is 0. The third kappa shape index (κ3) is 2.98. The zero-order valence-electron chi connectivity index (χ0n) is 11.3. The van der Waals surface area contributed by atoms with Gasteiger partial charge in [0.2, 0.25) is 0 Å². The average Bonchev–Trinajstić information content (AvgIpc) is 2.26. The van der Waals surface area contributed by atoms with Crippen LogP contribution in [0.2, 0.25) is 0 Å². The molecule has 0 saturated carbocycles. The molecule has 19 heavy (non-hydrogen) atoms. The van der Waals surface area contributed by atoms with Gasteiger partial charge in [0.1, 0.15) is 17.1 Å². The number of nitrogens with two attached hydrogens (primary N) is 1. The van der Waals surface area contributed by atoms with Gasteiger partial charge in [0.25, 0.3) is 0 Å². The summed E-state index contributed by atoms with van der Waals surface area (Å²) in [6.45, 7) is 5.44. The van der Waals surface area contributed by atoms with Crippen molar-refractivity contribution in [2.24, 2.45) is 5.73 Å². The van der Waals surface area contributed by atoms with Crippen LogP contribution in [0, 0.1) is 0 Å². The Bertz CT molecular complexity index is 498. The van der Waals surface area contributed by atoms with Crippen molar-refractivity contribution >= 4 is 5.97 Å². The lowest BCUT2D eigenvalue weighted by Crippen LogP contribution is -2.37. The SMILES string of the molecule is CC(Oc1ccc2c(c1)OC(C)(C)CC2N)C(=O)O. The van der Waals surface area contributed by atoms with Crippen molar-refractivity contribution in [3.63, 3.8) is 0 Å². The van der Waals surface area contributed by atoms with Crippen molar-refractivity contribution < 1.29 is 19.4 Å². The number of carboxylic acid groups (broad SMARTS) is 1. The van der Waals surface area contributed by atoms with Crippen molar-refractivity contribution in [2.45, 2.75) is 44.9 Å². The van der Waals surface area contributed by atoms with Crippen LogP contribution in [0.4, 0.5) is 0 Å². The van der Waals surface area contributed by atoms with Crippen molar-refractivity contribution in [1.82, 2.24) is 0 Å². The third-order valence-corrected chi connectivity index (χ3v) is 3.14. The molecule has 0 amide bonds. The largest absolute Gasteiger partial charge is 0.487 e. The van der Waals surface area contributed by atoms with Crippen molar-refractivity contribution in [2.75, 3.05) is 0 Å². The van der Waals surface area contributed by atoms with Crippen LogP contribution in [-0.4, -0.2) is 22.8 Å². The molecule has 1 aromatic carbocycles. The van der Waals surface area contributed by atoms with E-state index in [-0.39, 0.29) is 11.6 Å². The molecule has 1 aliphatic rings. The highest BCUT2D eigenvalue weighted by Crippen LogP contribution is 2.40. The number of ether oxygens (including phenoxy) is 2. The molecule has 0 radical (unpaired) electrons. The third-order valence-electron chi connectivity index (χ3n) is 3.14. The molecule has 2 unspecified atom stereocenters. The summed E-state index contributed by atoms with van der Waals surface area (Å²) in [7, 11) is 0. The normalized spacial score (nSPS) is 22.0. The first kappa shape index (κ1) is 13.7. The summed E-state index contributed by atoms with van der Waals surface area (Å²) in [5, 5.41) is 8.83. The molecule has 0 bridgehead atoms. The summed E-state index contributed by atoms with van der Waals surface area (Å²) < 4.78 is 11.2. The Labute approximate surface area is 112 Å². The molecule has 1 aliphatic heterocycles.